The molecule has 8 heteroatoms. The lowest BCUT2D eigenvalue weighted by Gasteiger charge is -2.25. The first kappa shape index (κ1) is 27.8. The van der Waals surface area contributed by atoms with E-state index >= 15 is 0 Å². The predicted octanol–water partition coefficient (Wildman–Crippen LogP) is 7.87. The van der Waals surface area contributed by atoms with Crippen molar-refractivity contribution in [2.24, 2.45) is 5.92 Å². The number of halogens is 1. The van der Waals surface area contributed by atoms with Crippen LogP contribution in [0.2, 0.25) is 0 Å². The molecule has 0 saturated heterocycles. The fourth-order valence-corrected chi connectivity index (χ4v) is 6.90. The van der Waals surface area contributed by atoms with Crippen molar-refractivity contribution in [3.05, 3.63) is 106 Å². The van der Waals surface area contributed by atoms with Crippen molar-refractivity contribution in [2.75, 3.05) is 22.1 Å². The van der Waals surface area contributed by atoms with Gasteiger partial charge in [-0.25, -0.2) is 9.37 Å². The molecule has 2 aliphatic rings. The molecule has 4 aromatic rings. The molecule has 2 aromatic carbocycles. The summed E-state index contributed by atoms with van der Waals surface area (Å²) in [5, 5.41) is 6.24. The number of fused-ring (bicyclic) bond motifs is 3. The van der Waals surface area contributed by atoms with E-state index in [9.17, 15) is 14.0 Å². The molecule has 214 valence electrons. The fourth-order valence-electron chi connectivity index (χ4n) is 5.76. The van der Waals surface area contributed by atoms with Crippen molar-refractivity contribution in [2.45, 2.75) is 45.6 Å². The van der Waals surface area contributed by atoms with Crippen LogP contribution in [0.3, 0.4) is 0 Å². The molecule has 6 rings (SSSR count). The van der Waals surface area contributed by atoms with Gasteiger partial charge in [-0.15, -0.1) is 11.3 Å². The Bertz CT molecular complexity index is 1660. The second kappa shape index (κ2) is 11.9. The Balaban J connectivity index is 1.25. The van der Waals surface area contributed by atoms with Gasteiger partial charge >= 0.3 is 0 Å². The SMILES string of the molecule is CCC1CC=CC(Nc2cccc(C(=O)N3CCc4cc(C(=O)Nc5c(C)cccc5F)sc4-c4ccccc43)n2)C1. The van der Waals surface area contributed by atoms with Crippen LogP contribution in [0.5, 0.6) is 0 Å². The summed E-state index contributed by atoms with van der Waals surface area (Å²) >= 11 is 1.36. The monoisotopic (exact) mass is 580 g/mol. The summed E-state index contributed by atoms with van der Waals surface area (Å²) in [4.78, 5) is 35.0. The van der Waals surface area contributed by atoms with E-state index < -0.39 is 5.82 Å². The van der Waals surface area contributed by atoms with Crippen molar-refractivity contribution < 1.29 is 14.0 Å². The number of aromatic nitrogens is 1. The zero-order valence-electron chi connectivity index (χ0n) is 23.7. The van der Waals surface area contributed by atoms with Gasteiger partial charge in [-0.05, 0) is 73.6 Å². The Morgan fingerprint density at radius 2 is 1.93 bits per heavy atom. The molecule has 0 fully saturated rings. The van der Waals surface area contributed by atoms with E-state index in [2.05, 4.69) is 29.7 Å². The lowest BCUT2D eigenvalue weighted by Crippen LogP contribution is -2.33. The number of thiophene rings is 1. The Morgan fingerprint density at radius 3 is 2.76 bits per heavy atom. The Kier molecular flexibility index (Phi) is 7.89. The predicted molar refractivity (Wildman–Crippen MR) is 168 cm³/mol. The van der Waals surface area contributed by atoms with Gasteiger partial charge < -0.3 is 15.5 Å². The maximum absolute atomic E-state index is 14.4. The minimum Gasteiger partial charge on any atom is -0.364 e. The largest absolute Gasteiger partial charge is 0.364 e. The van der Waals surface area contributed by atoms with Gasteiger partial charge in [0, 0.05) is 23.0 Å². The lowest BCUT2D eigenvalue weighted by atomic mass is 9.89. The van der Waals surface area contributed by atoms with Crippen molar-refractivity contribution in [3.63, 3.8) is 0 Å². The second-order valence-electron chi connectivity index (χ2n) is 10.9. The van der Waals surface area contributed by atoms with Gasteiger partial charge in [0.15, 0.2) is 0 Å². The van der Waals surface area contributed by atoms with E-state index in [1.165, 1.54) is 17.4 Å². The summed E-state index contributed by atoms with van der Waals surface area (Å²) in [7, 11) is 0. The van der Waals surface area contributed by atoms with Crippen molar-refractivity contribution in [1.82, 2.24) is 4.98 Å². The number of carbonyl (C=O) groups is 2. The zero-order chi connectivity index (χ0) is 29.2. The van der Waals surface area contributed by atoms with Crippen LogP contribution in [0, 0.1) is 18.7 Å². The fraction of sp³-hybridized carbons (Fsp3) is 0.265. The van der Waals surface area contributed by atoms with Gasteiger partial charge in [-0.3, -0.25) is 9.59 Å². The van der Waals surface area contributed by atoms with Gasteiger partial charge in [-0.1, -0.05) is 61.9 Å². The maximum atomic E-state index is 14.4. The molecule has 2 atom stereocenters. The van der Waals surface area contributed by atoms with Crippen LogP contribution >= 0.6 is 11.3 Å². The first-order chi connectivity index (χ1) is 20.4. The smallest absolute Gasteiger partial charge is 0.276 e. The average molecular weight is 581 g/mol. The molecule has 42 heavy (non-hydrogen) atoms. The molecule has 0 spiro atoms. The summed E-state index contributed by atoms with van der Waals surface area (Å²) in [6.07, 6.45) is 8.30. The second-order valence-corrected chi connectivity index (χ2v) is 12.0. The molecule has 0 radical (unpaired) electrons. The number of carbonyl (C=O) groups excluding carboxylic acids is 2. The summed E-state index contributed by atoms with van der Waals surface area (Å²) in [5.74, 6) is 0.366. The summed E-state index contributed by atoms with van der Waals surface area (Å²) in [5.41, 5.74) is 3.88. The number of nitrogens with one attached hydrogen (secondary N) is 2. The molecule has 1 aliphatic heterocycles. The Labute approximate surface area is 249 Å². The number of para-hydroxylation sites is 2. The van der Waals surface area contributed by atoms with Gasteiger partial charge in [0.1, 0.15) is 17.3 Å². The Hall–Kier alpha value is -4.30. The van der Waals surface area contributed by atoms with Gasteiger partial charge in [0.2, 0.25) is 0 Å². The number of hydrogen-bond acceptors (Lipinski definition) is 5. The number of amides is 2. The first-order valence-electron chi connectivity index (χ1n) is 14.4. The van der Waals surface area contributed by atoms with Crippen molar-refractivity contribution in [3.8, 4) is 10.4 Å². The number of allylic oxidation sites excluding steroid dienone is 1. The molecule has 0 saturated carbocycles. The molecule has 2 amide bonds. The quantitative estimate of drug-likeness (QED) is 0.228. The number of aryl methyl sites for hydroxylation is 1. The number of hydrogen-bond donors (Lipinski definition) is 2. The summed E-state index contributed by atoms with van der Waals surface area (Å²) < 4.78 is 14.4. The Morgan fingerprint density at radius 1 is 1.10 bits per heavy atom. The van der Waals surface area contributed by atoms with E-state index in [4.69, 9.17) is 4.98 Å². The minimum atomic E-state index is -0.464. The molecule has 0 bridgehead atoms. The van der Waals surface area contributed by atoms with E-state index in [1.807, 2.05) is 42.5 Å². The third-order valence-corrected chi connectivity index (χ3v) is 9.30. The maximum Gasteiger partial charge on any atom is 0.276 e. The highest BCUT2D eigenvalue weighted by Gasteiger charge is 2.28. The average Bonchev–Trinajstić information content (AvgIpc) is 3.37. The van der Waals surface area contributed by atoms with Crippen LogP contribution < -0.4 is 15.5 Å². The topological polar surface area (TPSA) is 74.3 Å². The van der Waals surface area contributed by atoms with Crippen LogP contribution in [0.15, 0.2) is 78.9 Å². The van der Waals surface area contributed by atoms with Crippen LogP contribution in [0.25, 0.3) is 10.4 Å². The molecule has 2 aromatic heterocycles. The highest BCUT2D eigenvalue weighted by atomic mass is 32.1. The lowest BCUT2D eigenvalue weighted by molar-refractivity contribution is 0.0981. The van der Waals surface area contributed by atoms with E-state index in [0.29, 0.717) is 40.8 Å². The first-order valence-corrected chi connectivity index (χ1v) is 15.2. The van der Waals surface area contributed by atoms with Crippen molar-refractivity contribution in [1.29, 1.82) is 0 Å². The summed E-state index contributed by atoms with van der Waals surface area (Å²) in [6, 6.07) is 20.1. The number of rotatable bonds is 6. The third kappa shape index (κ3) is 5.59. The normalized spacial score (nSPS) is 17.6. The number of pyridine rings is 1. The van der Waals surface area contributed by atoms with Crippen LogP contribution in [-0.4, -0.2) is 29.4 Å². The minimum absolute atomic E-state index is 0.167. The zero-order valence-corrected chi connectivity index (χ0v) is 24.5. The summed E-state index contributed by atoms with van der Waals surface area (Å²) in [6.45, 7) is 4.42. The molecule has 2 unspecified atom stereocenters. The van der Waals surface area contributed by atoms with E-state index in [1.54, 1.807) is 30.0 Å². The number of anilines is 3. The van der Waals surface area contributed by atoms with E-state index in [-0.39, 0.29) is 23.5 Å². The highest BCUT2D eigenvalue weighted by Crippen LogP contribution is 2.42. The molecule has 2 N–H and O–H groups in total. The van der Waals surface area contributed by atoms with Gasteiger partial charge in [-0.2, -0.15) is 0 Å². The van der Waals surface area contributed by atoms with Gasteiger partial charge in [0.05, 0.1) is 16.3 Å². The molecule has 6 nitrogen and oxygen atoms in total. The number of nitrogens with zero attached hydrogens (tertiary/aromatic N) is 2. The third-order valence-electron chi connectivity index (χ3n) is 8.09. The molecular weight excluding hydrogens is 547 g/mol. The molecule has 1 aliphatic carbocycles. The van der Waals surface area contributed by atoms with E-state index in [0.717, 1.165) is 41.0 Å². The number of benzene rings is 2. The van der Waals surface area contributed by atoms with Crippen LogP contribution in [0.4, 0.5) is 21.6 Å². The van der Waals surface area contributed by atoms with Gasteiger partial charge in [0.25, 0.3) is 11.8 Å². The molecular formula is C34H33FN4O2S. The van der Waals surface area contributed by atoms with Crippen molar-refractivity contribution >= 4 is 40.3 Å². The van der Waals surface area contributed by atoms with Crippen LogP contribution in [0.1, 0.15) is 57.5 Å². The standard InChI is InChI=1S/C34H33FN4O2S/c1-3-22-10-7-11-24(19-22)36-30-16-8-14-27(37-30)34(41)39-18-17-23-20-29(42-32(23)25-12-4-5-15-28(25)39)33(40)38-31-21(2)9-6-13-26(31)35/h4-9,11-16,20,22,24H,3,10,17-19H2,1-2H3,(H,36,37)(H,38,40). The molecule has 3 heterocycles. The van der Waals surface area contributed by atoms with Crippen LogP contribution in [-0.2, 0) is 6.42 Å². The highest BCUT2D eigenvalue weighted by molar-refractivity contribution is 7.17.